The zero-order chi connectivity index (χ0) is 23.0. The summed E-state index contributed by atoms with van der Waals surface area (Å²) in [6, 6.07) is 0. The summed E-state index contributed by atoms with van der Waals surface area (Å²) >= 11 is 0. The van der Waals surface area contributed by atoms with Gasteiger partial charge in [0, 0.05) is 35.7 Å². The number of aliphatic hydroxyl groups is 2. The average molecular weight is 544 g/mol. The Labute approximate surface area is 326 Å². The molecule has 160 valence electrons. The van der Waals surface area contributed by atoms with E-state index in [2.05, 4.69) is 0 Å². The van der Waals surface area contributed by atoms with Gasteiger partial charge in [0.2, 0.25) is 0 Å². The summed E-state index contributed by atoms with van der Waals surface area (Å²) in [6.07, 6.45) is -2.33. The number of carbonyl (C=O) groups is 6. The maximum atomic E-state index is 10.3. The van der Waals surface area contributed by atoms with Crippen LogP contribution < -0.4 is 208 Å². The molecular weight excluding hydrogens is 530 g/mol. The van der Waals surface area contributed by atoms with Gasteiger partial charge in [-0.05, 0) is 26.7 Å². The Hall–Kier alpha value is 2.74. The van der Waals surface area contributed by atoms with Crippen LogP contribution >= 0.6 is 0 Å². The molecule has 0 aliphatic carbocycles. The maximum absolute atomic E-state index is 10.3. The van der Waals surface area contributed by atoms with Crippen molar-refractivity contribution in [2.75, 3.05) is 0 Å². The van der Waals surface area contributed by atoms with E-state index >= 15 is 0 Å². The molecule has 2 N–H and O–H groups in total. The van der Waals surface area contributed by atoms with Crippen LogP contribution in [-0.4, -0.2) is 57.2 Å². The second-order valence-corrected chi connectivity index (χ2v) is 5.77. The molecule has 0 fully saturated rings. The van der Waals surface area contributed by atoms with Gasteiger partial charge in [0.1, 0.15) is 11.2 Å². The Balaban J connectivity index is -0.0000000563. The van der Waals surface area contributed by atoms with Crippen LogP contribution in [0.25, 0.3) is 0 Å². The average Bonchev–Trinajstić information content (AvgIpc) is 2.49. The van der Waals surface area contributed by atoms with E-state index in [-0.39, 0.29) is 177 Å². The van der Waals surface area contributed by atoms with E-state index in [0.717, 1.165) is 0 Å². The number of rotatable bonds is 10. The minimum absolute atomic E-state index is 0. The van der Waals surface area contributed by atoms with Crippen molar-refractivity contribution in [2.24, 2.45) is 11.8 Å². The molecule has 0 amide bonds. The van der Waals surface area contributed by atoms with Crippen LogP contribution in [0.15, 0.2) is 0 Å². The molecule has 0 saturated heterocycles. The number of carbonyl (C=O) groups excluding carboxylic acids is 6. The molecule has 0 aromatic heterocycles. The molecule has 0 saturated carbocycles. The molecule has 20 heteroatoms. The topological polar surface area (TPSA) is 281 Å². The Morgan fingerprint density at radius 1 is 0.559 bits per heavy atom. The second-order valence-electron chi connectivity index (χ2n) is 5.77. The molecule has 0 rings (SSSR count). The van der Waals surface area contributed by atoms with Crippen molar-refractivity contribution >= 4 is 35.8 Å². The smallest absolute Gasteiger partial charge is 0.550 e. The van der Waals surface area contributed by atoms with Gasteiger partial charge in [-0.1, -0.05) is 0 Å². The number of carboxylic acids is 6. The fourth-order valence-corrected chi connectivity index (χ4v) is 1.64. The predicted molar refractivity (Wildman–Crippen MR) is 67.5 cm³/mol. The number of aliphatic carboxylic acids is 6. The van der Waals surface area contributed by atoms with E-state index in [1.165, 1.54) is 0 Å². The molecule has 0 aromatic carbocycles. The quantitative estimate of drug-likeness (QED) is 0.242. The number of hydrogen-bond donors (Lipinski definition) is 2. The monoisotopic (exact) mass is 544 g/mol. The minimum atomic E-state index is -2.81. The van der Waals surface area contributed by atoms with Crippen molar-refractivity contribution in [3.8, 4) is 0 Å². The van der Waals surface area contributed by atoms with Crippen molar-refractivity contribution in [3.05, 3.63) is 0 Å². The van der Waals surface area contributed by atoms with Gasteiger partial charge in [0.25, 0.3) is 0 Å². The number of carboxylic acid groups (broad SMARTS) is 6. The summed E-state index contributed by atoms with van der Waals surface area (Å²) < 4.78 is 0. The molecule has 0 heterocycles. The van der Waals surface area contributed by atoms with Crippen LogP contribution in [-0.2, 0) is 28.8 Å². The second kappa shape index (κ2) is 26.0. The molecule has 0 radical (unpaired) electrons. The summed E-state index contributed by atoms with van der Waals surface area (Å²) in [5, 5.41) is 79.5. The van der Waals surface area contributed by atoms with Gasteiger partial charge in [-0.25, -0.2) is 0 Å². The first kappa shape index (κ1) is 56.8. The molecule has 0 aliphatic heterocycles. The summed E-state index contributed by atoms with van der Waals surface area (Å²) in [6.45, 7) is 1.23. The van der Waals surface area contributed by atoms with E-state index in [9.17, 15) is 59.4 Å². The van der Waals surface area contributed by atoms with Crippen LogP contribution in [0.2, 0.25) is 0 Å². The standard InChI is InChI=1S/2C7H10O7.6Na/c2*1-7(14,6(12)13)3(5(10)11)2-4(8)9;;;;;;/h2*3,14H,2H2,1H3,(H,8,9)(H,10,11)(H,12,13);;;;;;/q;;6*+1/p-6/t2*3-,7-;;;;;;/m10....../s1. The van der Waals surface area contributed by atoms with Gasteiger partial charge in [0.15, 0.2) is 0 Å². The van der Waals surface area contributed by atoms with Crippen LogP contribution in [0.1, 0.15) is 26.7 Å². The van der Waals surface area contributed by atoms with Gasteiger partial charge < -0.3 is 69.6 Å². The van der Waals surface area contributed by atoms with Crippen LogP contribution in [0, 0.1) is 11.8 Å². The van der Waals surface area contributed by atoms with E-state index in [1.807, 2.05) is 0 Å². The zero-order valence-corrected chi connectivity index (χ0v) is 32.4. The van der Waals surface area contributed by atoms with Crippen molar-refractivity contribution in [2.45, 2.75) is 37.9 Å². The normalized spacial score (nSPS) is 13.8. The van der Waals surface area contributed by atoms with E-state index in [1.54, 1.807) is 0 Å². The van der Waals surface area contributed by atoms with E-state index in [0.29, 0.717) is 13.8 Å². The molecular formula is C14H14Na6O14. The Kier molecular flexibility index (Phi) is 43.4. The van der Waals surface area contributed by atoms with Gasteiger partial charge >= 0.3 is 177 Å². The zero-order valence-electron chi connectivity index (χ0n) is 20.4. The minimum Gasteiger partial charge on any atom is -0.550 e. The third-order valence-corrected chi connectivity index (χ3v) is 3.49. The molecule has 0 unspecified atom stereocenters. The molecule has 0 bridgehead atoms. The molecule has 0 spiro atoms. The first-order chi connectivity index (χ1) is 12.4. The van der Waals surface area contributed by atoms with Crippen LogP contribution in [0.3, 0.4) is 0 Å². The van der Waals surface area contributed by atoms with Gasteiger partial charge in [-0.2, -0.15) is 0 Å². The Morgan fingerprint density at radius 2 is 0.735 bits per heavy atom. The summed E-state index contributed by atoms with van der Waals surface area (Å²) in [5.41, 5.74) is -5.61. The predicted octanol–water partition coefficient (Wildman–Crippen LogP) is -28.0. The summed E-state index contributed by atoms with van der Waals surface area (Å²) in [7, 11) is 0. The first-order valence-electron chi connectivity index (χ1n) is 7.08. The number of hydrogen-bond acceptors (Lipinski definition) is 14. The molecule has 4 atom stereocenters. The fourth-order valence-electron chi connectivity index (χ4n) is 1.64. The third kappa shape index (κ3) is 21.6. The van der Waals surface area contributed by atoms with Gasteiger partial charge in [-0.3, -0.25) is 0 Å². The van der Waals surface area contributed by atoms with Crippen molar-refractivity contribution in [1.82, 2.24) is 0 Å². The van der Waals surface area contributed by atoms with Crippen molar-refractivity contribution in [1.29, 1.82) is 0 Å². The van der Waals surface area contributed by atoms with Gasteiger partial charge in [-0.15, -0.1) is 0 Å². The van der Waals surface area contributed by atoms with Crippen LogP contribution in [0.5, 0.6) is 0 Å². The Bertz CT molecular complexity index is 613. The molecule has 0 aromatic rings. The van der Waals surface area contributed by atoms with Gasteiger partial charge in [0.05, 0.1) is 11.9 Å². The summed E-state index contributed by atoms with van der Waals surface area (Å²) in [4.78, 5) is 61.3. The first-order valence-corrected chi connectivity index (χ1v) is 7.08. The molecule has 0 aliphatic rings. The molecule has 34 heavy (non-hydrogen) atoms. The Morgan fingerprint density at radius 3 is 0.824 bits per heavy atom. The van der Waals surface area contributed by atoms with Crippen molar-refractivity contribution < 1.29 is 247 Å². The maximum Gasteiger partial charge on any atom is 1.00 e. The largest absolute Gasteiger partial charge is 1.00 e. The summed E-state index contributed by atoms with van der Waals surface area (Å²) in [5.74, 6) is -16.0. The molecule has 14 nitrogen and oxygen atoms in total. The van der Waals surface area contributed by atoms with E-state index in [4.69, 9.17) is 10.2 Å². The van der Waals surface area contributed by atoms with Crippen LogP contribution in [0.4, 0.5) is 0 Å². The SMILES string of the molecule is C[C@@](O)(C(=O)[O-])[C@@H](CC(=O)[O-])C(=O)[O-].C[C@](O)(C(=O)[O-])[C@H](CC(=O)[O-])C(=O)[O-].[Na+].[Na+].[Na+].[Na+].[Na+].[Na+]. The third-order valence-electron chi connectivity index (χ3n) is 3.49. The fraction of sp³-hybridized carbons (Fsp3) is 0.571. The van der Waals surface area contributed by atoms with E-state index < -0.39 is 71.7 Å². The van der Waals surface area contributed by atoms with Crippen molar-refractivity contribution in [3.63, 3.8) is 0 Å².